The smallest absolute Gasteiger partial charge is 0.349 e. The second kappa shape index (κ2) is 8.15. The van der Waals surface area contributed by atoms with E-state index >= 15 is 0 Å². The first-order valence-electron chi connectivity index (χ1n) is 6.44. The molecule has 1 rings (SSSR count). The Morgan fingerprint density at radius 2 is 1.90 bits per heavy atom. The molecule has 6 heteroatoms. The highest BCUT2D eigenvalue weighted by atomic mass is 32.2. The number of methoxy groups -OCH3 is 1. The van der Waals surface area contributed by atoms with Crippen LogP contribution in [-0.4, -0.2) is 19.3 Å². The standard InChI is InChI=1S/C15H15N3O2S/c1-20-15(19)13(9-18)14(21-2)12-6-4-3-5-11(12)10(7-16)8-17/h12H,3-6H2,1-2H3. The lowest BCUT2D eigenvalue weighted by molar-refractivity contribution is -0.135. The zero-order chi connectivity index (χ0) is 15.8. The van der Waals surface area contributed by atoms with E-state index in [9.17, 15) is 10.1 Å². The number of esters is 1. The van der Waals surface area contributed by atoms with E-state index in [2.05, 4.69) is 4.74 Å². The minimum absolute atomic E-state index is 0.0374. The summed E-state index contributed by atoms with van der Waals surface area (Å²) in [5, 5.41) is 27.4. The number of nitriles is 3. The van der Waals surface area contributed by atoms with Crippen LogP contribution in [0, 0.1) is 39.9 Å². The Morgan fingerprint density at radius 1 is 1.24 bits per heavy atom. The maximum atomic E-state index is 11.7. The Kier molecular flexibility index (Phi) is 6.53. The quantitative estimate of drug-likeness (QED) is 0.451. The first kappa shape index (κ1) is 16.8. The van der Waals surface area contributed by atoms with Crippen LogP contribution in [-0.2, 0) is 9.53 Å². The van der Waals surface area contributed by atoms with Crippen molar-refractivity contribution in [3.63, 3.8) is 0 Å². The Hall–Kier alpha value is -2.23. The summed E-state index contributed by atoms with van der Waals surface area (Å²) < 4.78 is 4.65. The summed E-state index contributed by atoms with van der Waals surface area (Å²) in [7, 11) is 1.23. The predicted octanol–water partition coefficient (Wildman–Crippen LogP) is 2.83. The van der Waals surface area contributed by atoms with Crippen LogP contribution in [0.25, 0.3) is 0 Å². The summed E-state index contributed by atoms with van der Waals surface area (Å²) >= 11 is 1.30. The molecule has 0 bridgehead atoms. The fraction of sp³-hybridized carbons (Fsp3) is 0.467. The zero-order valence-electron chi connectivity index (χ0n) is 12.0. The highest BCUT2D eigenvalue weighted by Gasteiger charge is 2.29. The highest BCUT2D eigenvalue weighted by Crippen LogP contribution is 2.41. The predicted molar refractivity (Wildman–Crippen MR) is 78.4 cm³/mol. The molecule has 21 heavy (non-hydrogen) atoms. The first-order valence-corrected chi connectivity index (χ1v) is 7.66. The minimum atomic E-state index is -0.678. The number of allylic oxidation sites excluding steroid dienone is 3. The monoisotopic (exact) mass is 301 g/mol. The number of rotatable bonds is 3. The Bertz CT molecular complexity index is 598. The van der Waals surface area contributed by atoms with Gasteiger partial charge in [0.05, 0.1) is 7.11 Å². The van der Waals surface area contributed by atoms with Gasteiger partial charge in [0.1, 0.15) is 29.4 Å². The number of thioether (sulfide) groups is 1. The van der Waals surface area contributed by atoms with Gasteiger partial charge in [0, 0.05) is 10.8 Å². The lowest BCUT2D eigenvalue weighted by atomic mass is 9.80. The van der Waals surface area contributed by atoms with Crippen molar-refractivity contribution in [3.8, 4) is 18.2 Å². The molecule has 108 valence electrons. The van der Waals surface area contributed by atoms with Crippen molar-refractivity contribution in [1.29, 1.82) is 15.8 Å². The molecule has 1 aliphatic rings. The van der Waals surface area contributed by atoms with Crippen LogP contribution in [0.3, 0.4) is 0 Å². The number of hydrogen-bond acceptors (Lipinski definition) is 6. The molecule has 0 aromatic carbocycles. The Balaban J connectivity index is 3.45. The lowest BCUT2D eigenvalue weighted by Crippen LogP contribution is -2.17. The van der Waals surface area contributed by atoms with Gasteiger partial charge < -0.3 is 4.74 Å². The van der Waals surface area contributed by atoms with Gasteiger partial charge in [-0.2, -0.15) is 15.8 Å². The summed E-state index contributed by atoms with van der Waals surface area (Å²) in [6, 6.07) is 5.73. The van der Waals surface area contributed by atoms with E-state index in [0.29, 0.717) is 11.3 Å². The summed E-state index contributed by atoms with van der Waals surface area (Å²) in [6.45, 7) is 0. The summed E-state index contributed by atoms with van der Waals surface area (Å²) in [4.78, 5) is 12.3. The van der Waals surface area contributed by atoms with Gasteiger partial charge in [-0.25, -0.2) is 4.79 Å². The fourth-order valence-corrected chi connectivity index (χ4v) is 3.37. The van der Waals surface area contributed by atoms with E-state index in [1.54, 1.807) is 6.26 Å². The topological polar surface area (TPSA) is 97.7 Å². The van der Waals surface area contributed by atoms with Crippen molar-refractivity contribution >= 4 is 17.7 Å². The average Bonchev–Trinajstić information content (AvgIpc) is 2.53. The number of carbonyl (C=O) groups is 1. The third kappa shape index (κ3) is 3.66. The summed E-state index contributed by atoms with van der Waals surface area (Å²) in [5.74, 6) is -0.904. The van der Waals surface area contributed by atoms with Crippen LogP contribution in [0.4, 0.5) is 0 Å². The van der Waals surface area contributed by atoms with Gasteiger partial charge in [0.2, 0.25) is 0 Å². The third-order valence-electron chi connectivity index (χ3n) is 3.44. The molecule has 0 aromatic heterocycles. The van der Waals surface area contributed by atoms with E-state index < -0.39 is 5.97 Å². The van der Waals surface area contributed by atoms with Gasteiger partial charge in [-0.1, -0.05) is 6.42 Å². The van der Waals surface area contributed by atoms with Gasteiger partial charge in [0.25, 0.3) is 0 Å². The molecule has 1 atom stereocenters. The lowest BCUT2D eigenvalue weighted by Gasteiger charge is -2.27. The molecule has 0 aliphatic heterocycles. The summed E-state index contributed by atoms with van der Waals surface area (Å²) in [5.41, 5.74) is 0.783. The molecule has 0 heterocycles. The molecule has 5 nitrogen and oxygen atoms in total. The molecule has 0 saturated heterocycles. The second-order valence-corrected chi connectivity index (χ2v) is 5.32. The Morgan fingerprint density at radius 3 is 2.38 bits per heavy atom. The second-order valence-electron chi connectivity index (χ2n) is 4.47. The van der Waals surface area contributed by atoms with Crippen LogP contribution >= 0.6 is 11.8 Å². The van der Waals surface area contributed by atoms with E-state index in [0.717, 1.165) is 24.8 Å². The van der Waals surface area contributed by atoms with Crippen molar-refractivity contribution in [3.05, 3.63) is 21.6 Å². The van der Waals surface area contributed by atoms with E-state index in [1.807, 2.05) is 18.2 Å². The van der Waals surface area contributed by atoms with Crippen LogP contribution < -0.4 is 0 Å². The van der Waals surface area contributed by atoms with Gasteiger partial charge in [-0.3, -0.25) is 0 Å². The Labute approximate surface area is 128 Å². The molecule has 1 aliphatic carbocycles. The number of hydrogen-bond donors (Lipinski definition) is 0. The SMILES string of the molecule is COC(=O)C(C#N)=C(SC)C1CCCCC1=C(C#N)C#N. The number of carbonyl (C=O) groups excluding carboxylic acids is 1. The van der Waals surface area contributed by atoms with E-state index in [4.69, 9.17) is 10.5 Å². The minimum Gasteiger partial charge on any atom is -0.465 e. The summed E-state index contributed by atoms with van der Waals surface area (Å²) in [6.07, 6.45) is 4.98. The van der Waals surface area contributed by atoms with Crippen LogP contribution in [0.1, 0.15) is 25.7 Å². The molecule has 0 aromatic rings. The number of nitrogens with zero attached hydrogens (tertiary/aromatic N) is 3. The van der Waals surface area contributed by atoms with Gasteiger partial charge in [0.15, 0.2) is 0 Å². The molecule has 0 amide bonds. The molecule has 1 saturated carbocycles. The van der Waals surface area contributed by atoms with Crippen LogP contribution in [0.15, 0.2) is 21.6 Å². The molecular formula is C15H15N3O2S. The van der Waals surface area contributed by atoms with E-state index in [-0.39, 0.29) is 17.1 Å². The molecule has 1 unspecified atom stereocenters. The van der Waals surface area contributed by atoms with Gasteiger partial charge in [-0.15, -0.1) is 11.8 Å². The first-order chi connectivity index (χ1) is 10.1. The largest absolute Gasteiger partial charge is 0.465 e. The molecule has 0 radical (unpaired) electrons. The molecular weight excluding hydrogens is 286 g/mol. The van der Waals surface area contributed by atoms with Crippen molar-refractivity contribution in [1.82, 2.24) is 0 Å². The number of ether oxygens (including phenoxy) is 1. The van der Waals surface area contributed by atoms with Crippen molar-refractivity contribution in [2.45, 2.75) is 25.7 Å². The maximum Gasteiger partial charge on any atom is 0.349 e. The van der Waals surface area contributed by atoms with Gasteiger partial charge >= 0.3 is 5.97 Å². The average molecular weight is 301 g/mol. The normalized spacial score (nSPS) is 18.6. The molecule has 0 spiro atoms. The fourth-order valence-electron chi connectivity index (χ4n) is 2.49. The highest BCUT2D eigenvalue weighted by molar-refractivity contribution is 8.02. The zero-order valence-corrected chi connectivity index (χ0v) is 12.8. The van der Waals surface area contributed by atoms with Crippen molar-refractivity contribution < 1.29 is 9.53 Å². The van der Waals surface area contributed by atoms with Crippen molar-refractivity contribution in [2.24, 2.45) is 5.92 Å². The van der Waals surface area contributed by atoms with Crippen LogP contribution in [0.2, 0.25) is 0 Å². The van der Waals surface area contributed by atoms with Gasteiger partial charge in [-0.05, 0) is 31.1 Å². The molecule has 0 N–H and O–H groups in total. The van der Waals surface area contributed by atoms with E-state index in [1.165, 1.54) is 18.9 Å². The molecule has 1 fully saturated rings. The van der Waals surface area contributed by atoms with Crippen LogP contribution in [0.5, 0.6) is 0 Å². The van der Waals surface area contributed by atoms with Crippen molar-refractivity contribution in [2.75, 3.05) is 13.4 Å². The third-order valence-corrected chi connectivity index (χ3v) is 4.37. The maximum absolute atomic E-state index is 11.7.